The van der Waals surface area contributed by atoms with Crippen molar-refractivity contribution in [3.8, 4) is 6.07 Å². The summed E-state index contributed by atoms with van der Waals surface area (Å²) < 4.78 is 26.3. The van der Waals surface area contributed by atoms with Gasteiger partial charge in [0.2, 0.25) is 0 Å². The van der Waals surface area contributed by atoms with E-state index in [-0.39, 0.29) is 51.9 Å². The molecule has 0 aliphatic heterocycles. The third kappa shape index (κ3) is 30.2. The van der Waals surface area contributed by atoms with Gasteiger partial charge >= 0.3 is 0 Å². The molecule has 0 aliphatic rings. The molecule has 14 heteroatoms. The van der Waals surface area contributed by atoms with Gasteiger partial charge < -0.3 is 50.8 Å². The van der Waals surface area contributed by atoms with Crippen LogP contribution in [-0.2, 0) is 46.2 Å². The summed E-state index contributed by atoms with van der Waals surface area (Å²) in [4.78, 5) is -0.649. The minimum Gasteiger partial charge on any atom is -0.392 e. The van der Waals surface area contributed by atoms with Gasteiger partial charge in [-0.1, -0.05) is 522 Å². The van der Waals surface area contributed by atoms with E-state index in [0.29, 0.717) is 44.1 Å². The molecular formula is C122H124BrCl2N3O8. The molecule has 0 saturated heterocycles. The Hall–Kier alpha value is -13.1. The zero-order valence-electron chi connectivity index (χ0n) is 77.1. The number of hydrogen-bond acceptors (Lipinski definition) is 11. The van der Waals surface area contributed by atoms with Gasteiger partial charge in [-0.3, -0.25) is 0 Å². The predicted molar refractivity (Wildman–Crippen MR) is 567 cm³/mol. The van der Waals surface area contributed by atoms with Crippen molar-refractivity contribution in [3.05, 3.63) is 611 Å². The molecule has 0 amide bonds. The van der Waals surface area contributed by atoms with Crippen molar-refractivity contribution in [3.63, 3.8) is 0 Å². The summed E-state index contributed by atoms with van der Waals surface area (Å²) in [5.74, 6) is 0. The fourth-order valence-electron chi connectivity index (χ4n) is 15.3. The maximum atomic E-state index is 9.36. The summed E-state index contributed by atoms with van der Waals surface area (Å²) >= 11 is 10.6. The maximum Gasteiger partial charge on any atom is 0.144 e. The molecular weight excluding hydrogens is 1790 g/mol. The van der Waals surface area contributed by atoms with E-state index in [9.17, 15) is 5.11 Å². The molecule has 0 heterocycles. The molecule has 0 unspecified atom stereocenters. The largest absolute Gasteiger partial charge is 0.392 e. The summed E-state index contributed by atoms with van der Waals surface area (Å²) in [6.45, 7) is 25.3. The quantitative estimate of drug-likeness (QED) is 0.0123. The van der Waals surface area contributed by atoms with Gasteiger partial charge in [0, 0.05) is 5.33 Å². The SMILES string of the molecule is C=C(CBr)COC(c1ccccc1)(c1ccccc1)c1ccccc1.C=C(CC#N)COC(c1ccccc1)(c1ccccc1)c1ccccc1.C=C(CCN)COC(c1ccccc1)(c1ccccc1)c1ccccc1.C=C(CO)CCN.C=C(CO)CO.C=C(CO)COC(c1ccccc1)(c1ccccc1)c1ccccc1.Cl.ClC(c1ccccc1)(c1ccccc1)c1ccccc1. The van der Waals surface area contributed by atoms with Crippen LogP contribution >= 0.6 is 39.9 Å². The minimum absolute atomic E-state index is 0. The Morgan fingerprint density at radius 3 is 0.551 bits per heavy atom. The first kappa shape index (κ1) is 108. The lowest BCUT2D eigenvalue weighted by Gasteiger charge is -2.36. The number of aliphatic hydroxyl groups is 4. The van der Waals surface area contributed by atoms with Crippen LogP contribution in [0.15, 0.2) is 528 Å². The Labute approximate surface area is 825 Å². The molecule has 0 aromatic heterocycles. The summed E-state index contributed by atoms with van der Waals surface area (Å²) in [6, 6.07) is 156. The number of benzene rings is 15. The third-order valence-electron chi connectivity index (χ3n) is 22.1. The van der Waals surface area contributed by atoms with Gasteiger partial charge in [0.05, 0.1) is 65.3 Å². The number of ether oxygens (including phenoxy) is 4. The van der Waals surface area contributed by atoms with Crippen molar-refractivity contribution < 1.29 is 39.4 Å². The molecule has 8 N–H and O–H groups in total. The van der Waals surface area contributed by atoms with Crippen LogP contribution in [0, 0.1) is 11.3 Å². The van der Waals surface area contributed by atoms with Crippen LogP contribution in [0.4, 0.5) is 0 Å². The Balaban J connectivity index is 0.000000202. The molecule has 15 aromatic carbocycles. The summed E-state index contributed by atoms with van der Waals surface area (Å²) in [6.07, 6.45) is 1.78. The van der Waals surface area contributed by atoms with E-state index >= 15 is 0 Å². The van der Waals surface area contributed by atoms with Gasteiger partial charge in [-0.15, -0.1) is 24.0 Å². The number of nitriles is 1. The van der Waals surface area contributed by atoms with Crippen LogP contribution in [0.1, 0.15) is 103 Å². The number of rotatable bonds is 37. The molecule has 15 rings (SSSR count). The number of halogens is 3. The topological polar surface area (TPSA) is 194 Å². The van der Waals surface area contributed by atoms with Crippen molar-refractivity contribution in [1.29, 1.82) is 5.26 Å². The Bertz CT molecular complexity index is 5320. The van der Waals surface area contributed by atoms with Crippen molar-refractivity contribution in [2.24, 2.45) is 11.5 Å². The van der Waals surface area contributed by atoms with E-state index in [0.717, 1.165) is 124 Å². The first-order valence-corrected chi connectivity index (χ1v) is 46.4. The predicted octanol–water partition coefficient (Wildman–Crippen LogP) is 25.9. The number of nitrogens with zero attached hydrogens (tertiary/aromatic N) is 1. The van der Waals surface area contributed by atoms with Crippen LogP contribution in [-0.4, -0.2) is 91.7 Å². The van der Waals surface area contributed by atoms with Crippen molar-refractivity contribution in [2.75, 3.05) is 71.3 Å². The monoisotopic (exact) mass is 1910 g/mol. The van der Waals surface area contributed by atoms with E-state index in [1.54, 1.807) is 0 Å². The zero-order chi connectivity index (χ0) is 96.1. The second kappa shape index (κ2) is 58.9. The first-order valence-electron chi connectivity index (χ1n) is 44.9. The maximum absolute atomic E-state index is 9.36. The molecule has 0 atom stereocenters. The van der Waals surface area contributed by atoms with E-state index in [4.69, 9.17) is 62.6 Å². The third-order valence-corrected chi connectivity index (χ3v) is 23.5. The van der Waals surface area contributed by atoms with Crippen molar-refractivity contribution in [1.82, 2.24) is 0 Å². The summed E-state index contributed by atoms with van der Waals surface area (Å²) in [5.41, 5.74) is 28.7. The number of nitrogens with two attached hydrogens (primary N) is 2. The normalized spacial score (nSPS) is 10.8. The zero-order valence-corrected chi connectivity index (χ0v) is 80.3. The van der Waals surface area contributed by atoms with Gasteiger partial charge in [0.25, 0.3) is 0 Å². The van der Waals surface area contributed by atoms with E-state index in [1.165, 1.54) is 0 Å². The highest BCUT2D eigenvalue weighted by atomic mass is 79.9. The second-order valence-electron chi connectivity index (χ2n) is 31.7. The highest BCUT2D eigenvalue weighted by molar-refractivity contribution is 9.09. The van der Waals surface area contributed by atoms with E-state index in [1.807, 2.05) is 237 Å². The van der Waals surface area contributed by atoms with Gasteiger partial charge in [-0.2, -0.15) is 5.26 Å². The Kier molecular flexibility index (Phi) is 46.9. The molecule has 0 aliphatic carbocycles. The lowest BCUT2D eigenvalue weighted by atomic mass is 9.80. The smallest absolute Gasteiger partial charge is 0.144 e. The highest BCUT2D eigenvalue weighted by Crippen LogP contribution is 2.47. The highest BCUT2D eigenvalue weighted by Gasteiger charge is 2.42. The van der Waals surface area contributed by atoms with Crippen LogP contribution in [0.3, 0.4) is 0 Å². The first-order chi connectivity index (χ1) is 66.0. The molecule has 696 valence electrons. The van der Waals surface area contributed by atoms with E-state index in [2.05, 4.69) is 280 Å². The fourth-order valence-corrected chi connectivity index (χ4v) is 15.8. The number of aliphatic hydroxyl groups excluding tert-OH is 4. The van der Waals surface area contributed by atoms with Crippen LogP contribution in [0.5, 0.6) is 0 Å². The molecule has 136 heavy (non-hydrogen) atoms. The fraction of sp³-hybridized carbons (Fsp3) is 0.156. The lowest BCUT2D eigenvalue weighted by Crippen LogP contribution is -2.33. The second-order valence-corrected chi connectivity index (χ2v) is 32.8. The Morgan fingerprint density at radius 2 is 0.404 bits per heavy atom. The van der Waals surface area contributed by atoms with Crippen LogP contribution < -0.4 is 11.5 Å². The molecule has 0 radical (unpaired) electrons. The number of alkyl halides is 2. The van der Waals surface area contributed by atoms with Crippen LogP contribution in [0.2, 0.25) is 0 Å². The average molecular weight is 1910 g/mol. The van der Waals surface area contributed by atoms with E-state index < -0.39 is 27.3 Å². The summed E-state index contributed by atoms with van der Waals surface area (Å²) in [5, 5.41) is 43.5. The summed E-state index contributed by atoms with van der Waals surface area (Å²) in [7, 11) is 0. The van der Waals surface area contributed by atoms with Crippen LogP contribution in [0.25, 0.3) is 0 Å². The molecule has 0 bridgehead atoms. The van der Waals surface area contributed by atoms with Gasteiger partial charge in [0.1, 0.15) is 27.3 Å². The number of hydrogen-bond donors (Lipinski definition) is 6. The standard InChI is InChI=1S/C24H25NO.C24H21NO.C23H21BrO.C23H22O2.C19H15Cl.C5H11NO.C4H8O2.ClH/c2*1-20(17-18-25)19-26-24(21-11-5-2-6-12-21,22-13-7-3-8-14-22)23-15-9-4-10-16-23;2*1-19(17-24)18-25-23(20-11-5-2-6-12-20,21-13-7-3-8-14-21)22-15-9-4-10-16-22;20-19(16-10-4-1-5-11-16,17-12-6-2-7-13-17)18-14-8-3-9-15-18;1-5(4-7)2-3-6;1-4(2-5)3-6;/h2-16H,1,17-19,25H2;2-16H,1,17,19H2;2-16H,1,17-18H2;2-16,24H,1,17-18H2;1-15H;7H,1-4,6H2;5-6H,1-3H2;1H. The molecule has 11 nitrogen and oxygen atoms in total. The molecule has 15 aromatic rings. The van der Waals surface area contributed by atoms with Crippen molar-refractivity contribution in [2.45, 2.75) is 46.5 Å². The Morgan fingerprint density at radius 1 is 0.250 bits per heavy atom. The van der Waals surface area contributed by atoms with Gasteiger partial charge in [0.15, 0.2) is 0 Å². The molecule has 0 spiro atoms. The minimum atomic E-state index is -0.762. The van der Waals surface area contributed by atoms with Crippen molar-refractivity contribution >= 4 is 39.9 Å². The average Bonchev–Trinajstić information content (AvgIpc) is 0.762. The lowest BCUT2D eigenvalue weighted by molar-refractivity contribution is 0.0245. The van der Waals surface area contributed by atoms with Gasteiger partial charge in [-0.05, 0) is 132 Å². The molecule has 0 fully saturated rings. The van der Waals surface area contributed by atoms with Gasteiger partial charge in [-0.25, -0.2) is 0 Å². The molecule has 0 saturated carbocycles.